The van der Waals surface area contributed by atoms with Gasteiger partial charge in [-0.2, -0.15) is 0 Å². The number of nitrogens with one attached hydrogen (secondary N) is 1. The highest BCUT2D eigenvalue weighted by Crippen LogP contribution is 2.24. The number of amides is 1. The molecule has 5 nitrogen and oxygen atoms in total. The van der Waals surface area contributed by atoms with Crippen molar-refractivity contribution in [2.45, 2.75) is 26.3 Å². The maximum Gasteiger partial charge on any atom is 0.259 e. The van der Waals surface area contributed by atoms with Crippen LogP contribution in [-0.4, -0.2) is 12.5 Å². The third kappa shape index (κ3) is 4.10. The number of para-hydroxylation sites is 2. The summed E-state index contributed by atoms with van der Waals surface area (Å²) in [5.74, 6) is 1.000. The second-order valence-corrected chi connectivity index (χ2v) is 4.66. The average molecular weight is 288 g/mol. The van der Waals surface area contributed by atoms with Crippen LogP contribution in [-0.2, 0) is 6.54 Å². The number of ether oxygens (including phenoxy) is 1. The van der Waals surface area contributed by atoms with Crippen LogP contribution < -0.4 is 15.8 Å². The number of nitrogens with two attached hydrogens (primary N) is 1. The first-order valence-corrected chi connectivity index (χ1v) is 7.05. The number of hydrogen-bond donors (Lipinski definition) is 2. The molecule has 0 aliphatic rings. The van der Waals surface area contributed by atoms with E-state index >= 15 is 0 Å². The molecule has 0 aliphatic carbocycles. The van der Waals surface area contributed by atoms with Crippen molar-refractivity contribution in [3.05, 3.63) is 47.9 Å². The molecular formula is C16H20N2O3. The van der Waals surface area contributed by atoms with Crippen LogP contribution in [0.15, 0.2) is 41.0 Å². The van der Waals surface area contributed by atoms with Gasteiger partial charge in [-0.3, -0.25) is 4.79 Å². The van der Waals surface area contributed by atoms with Gasteiger partial charge in [-0.05, 0) is 24.6 Å². The summed E-state index contributed by atoms with van der Waals surface area (Å²) in [6.45, 7) is 3.00. The first-order chi connectivity index (χ1) is 10.2. The van der Waals surface area contributed by atoms with Crippen LogP contribution in [0.4, 0.5) is 5.69 Å². The maximum absolute atomic E-state index is 12.2. The van der Waals surface area contributed by atoms with E-state index in [9.17, 15) is 4.79 Å². The molecule has 21 heavy (non-hydrogen) atoms. The zero-order valence-corrected chi connectivity index (χ0v) is 12.1. The van der Waals surface area contributed by atoms with Gasteiger partial charge >= 0.3 is 0 Å². The summed E-state index contributed by atoms with van der Waals surface area (Å²) in [4.78, 5) is 12.2. The summed E-state index contributed by atoms with van der Waals surface area (Å²) >= 11 is 0. The van der Waals surface area contributed by atoms with E-state index in [2.05, 4.69) is 12.2 Å². The van der Waals surface area contributed by atoms with Gasteiger partial charge in [0, 0.05) is 0 Å². The van der Waals surface area contributed by atoms with Gasteiger partial charge in [0.1, 0.15) is 17.8 Å². The third-order valence-electron chi connectivity index (χ3n) is 3.01. The maximum atomic E-state index is 12.2. The number of carbonyl (C=O) groups is 1. The summed E-state index contributed by atoms with van der Waals surface area (Å²) in [6, 6.07) is 9.01. The van der Waals surface area contributed by atoms with Crippen LogP contribution in [0.2, 0.25) is 0 Å². The summed E-state index contributed by atoms with van der Waals surface area (Å²) in [7, 11) is 0. The van der Waals surface area contributed by atoms with Gasteiger partial charge in [-0.25, -0.2) is 0 Å². The molecule has 0 fully saturated rings. The summed E-state index contributed by atoms with van der Waals surface area (Å²) < 4.78 is 10.8. The lowest BCUT2D eigenvalue weighted by Gasteiger charge is -2.11. The molecule has 1 aromatic carbocycles. The van der Waals surface area contributed by atoms with E-state index in [4.69, 9.17) is 14.9 Å². The molecule has 0 atom stereocenters. The lowest BCUT2D eigenvalue weighted by atomic mass is 10.2. The van der Waals surface area contributed by atoms with E-state index in [1.54, 1.807) is 6.07 Å². The molecule has 3 N–H and O–H groups in total. The molecular weight excluding hydrogens is 268 g/mol. The Balaban J connectivity index is 2.06. The highest BCUT2D eigenvalue weighted by atomic mass is 16.5. The monoisotopic (exact) mass is 288 g/mol. The number of furan rings is 1. The van der Waals surface area contributed by atoms with Gasteiger partial charge in [0.15, 0.2) is 0 Å². The molecule has 1 aromatic heterocycles. The second kappa shape index (κ2) is 7.50. The van der Waals surface area contributed by atoms with Crippen molar-refractivity contribution in [3.63, 3.8) is 0 Å². The van der Waals surface area contributed by atoms with Crippen molar-refractivity contribution in [3.8, 4) is 5.75 Å². The lowest BCUT2D eigenvalue weighted by Crippen LogP contribution is -2.12. The average Bonchev–Trinajstić information content (AvgIpc) is 2.98. The number of hydrogen-bond acceptors (Lipinski definition) is 4. The van der Waals surface area contributed by atoms with Crippen molar-refractivity contribution < 1.29 is 13.9 Å². The molecule has 2 aromatic rings. The quantitative estimate of drug-likeness (QED) is 0.767. The minimum Gasteiger partial charge on any atom is -0.491 e. The molecule has 5 heteroatoms. The highest BCUT2D eigenvalue weighted by molar-refractivity contribution is 6.04. The normalized spacial score (nSPS) is 10.4. The standard InChI is InChI=1S/C16H20N2O3/c1-2-3-8-20-15-7-5-4-6-14(15)18-16(19)12-9-13(10-17)21-11-12/h4-7,9,11H,2-3,8,10,17H2,1H3,(H,18,19). The van der Waals surface area contributed by atoms with Crippen molar-refractivity contribution in [2.24, 2.45) is 5.73 Å². The minimum absolute atomic E-state index is 0.245. The van der Waals surface area contributed by atoms with Gasteiger partial charge in [-0.1, -0.05) is 25.5 Å². The van der Waals surface area contributed by atoms with E-state index in [0.29, 0.717) is 29.4 Å². The predicted molar refractivity (Wildman–Crippen MR) is 81.4 cm³/mol. The number of rotatable bonds is 7. The number of anilines is 1. The van der Waals surface area contributed by atoms with Gasteiger partial charge in [-0.15, -0.1) is 0 Å². The van der Waals surface area contributed by atoms with Crippen molar-refractivity contribution in [1.29, 1.82) is 0 Å². The predicted octanol–water partition coefficient (Wildman–Crippen LogP) is 3.17. The molecule has 0 aliphatic heterocycles. The van der Waals surface area contributed by atoms with Gasteiger partial charge in [0.2, 0.25) is 0 Å². The fraction of sp³-hybridized carbons (Fsp3) is 0.312. The Bertz CT molecular complexity index is 593. The van der Waals surface area contributed by atoms with Crippen molar-refractivity contribution in [2.75, 3.05) is 11.9 Å². The summed E-state index contributed by atoms with van der Waals surface area (Å²) in [5, 5.41) is 2.83. The fourth-order valence-corrected chi connectivity index (χ4v) is 1.82. The molecule has 0 spiro atoms. The number of carbonyl (C=O) groups excluding carboxylic acids is 1. The first-order valence-electron chi connectivity index (χ1n) is 7.05. The van der Waals surface area contributed by atoms with Crippen LogP contribution in [0.3, 0.4) is 0 Å². The van der Waals surface area contributed by atoms with Gasteiger partial charge < -0.3 is 20.2 Å². The topological polar surface area (TPSA) is 77.5 Å². The Hall–Kier alpha value is -2.27. The van der Waals surface area contributed by atoms with E-state index in [1.165, 1.54) is 6.26 Å². The van der Waals surface area contributed by atoms with E-state index < -0.39 is 0 Å². The van der Waals surface area contributed by atoms with Crippen LogP contribution in [0.25, 0.3) is 0 Å². The van der Waals surface area contributed by atoms with Crippen LogP contribution in [0.1, 0.15) is 35.9 Å². The molecule has 0 bridgehead atoms. The van der Waals surface area contributed by atoms with Gasteiger partial charge in [0.25, 0.3) is 5.91 Å². The molecule has 0 radical (unpaired) electrons. The van der Waals surface area contributed by atoms with E-state index in [-0.39, 0.29) is 12.5 Å². The smallest absolute Gasteiger partial charge is 0.259 e. The van der Waals surface area contributed by atoms with Crippen LogP contribution >= 0.6 is 0 Å². The fourth-order valence-electron chi connectivity index (χ4n) is 1.82. The molecule has 0 saturated heterocycles. The summed E-state index contributed by atoms with van der Waals surface area (Å²) in [5.41, 5.74) is 6.55. The van der Waals surface area contributed by atoms with Crippen molar-refractivity contribution >= 4 is 11.6 Å². The molecule has 2 rings (SSSR count). The highest BCUT2D eigenvalue weighted by Gasteiger charge is 2.12. The molecule has 112 valence electrons. The number of unbranched alkanes of at least 4 members (excludes halogenated alkanes) is 1. The van der Waals surface area contributed by atoms with E-state index in [1.807, 2.05) is 24.3 Å². The van der Waals surface area contributed by atoms with Crippen LogP contribution in [0.5, 0.6) is 5.75 Å². The largest absolute Gasteiger partial charge is 0.491 e. The van der Waals surface area contributed by atoms with Crippen molar-refractivity contribution in [1.82, 2.24) is 0 Å². The molecule has 0 saturated carbocycles. The Morgan fingerprint density at radius 2 is 2.19 bits per heavy atom. The third-order valence-corrected chi connectivity index (χ3v) is 3.01. The minimum atomic E-state index is -0.245. The van der Waals surface area contributed by atoms with Crippen LogP contribution in [0, 0.1) is 0 Å². The van der Waals surface area contributed by atoms with E-state index in [0.717, 1.165) is 12.8 Å². The number of benzene rings is 1. The second-order valence-electron chi connectivity index (χ2n) is 4.66. The zero-order valence-electron chi connectivity index (χ0n) is 12.1. The Kier molecular flexibility index (Phi) is 5.40. The Morgan fingerprint density at radius 1 is 1.38 bits per heavy atom. The molecule has 1 amide bonds. The zero-order chi connectivity index (χ0) is 15.1. The Labute approximate surface area is 124 Å². The lowest BCUT2D eigenvalue weighted by molar-refractivity contribution is 0.102. The van der Waals surface area contributed by atoms with Gasteiger partial charge in [0.05, 0.1) is 24.4 Å². The first kappa shape index (κ1) is 15.1. The summed E-state index contributed by atoms with van der Waals surface area (Å²) in [6.07, 6.45) is 3.44. The molecule has 0 unspecified atom stereocenters. The molecule has 1 heterocycles. The SMILES string of the molecule is CCCCOc1ccccc1NC(=O)c1coc(CN)c1. The Morgan fingerprint density at radius 3 is 2.90 bits per heavy atom.